The molecule has 0 spiro atoms. The Balaban J connectivity index is 2.63. The minimum atomic E-state index is -0.177. The third kappa shape index (κ3) is 1.28. The molecular weight excluding hydrogens is 168 g/mol. The van der Waals surface area contributed by atoms with Gasteiger partial charge in [0.2, 0.25) is 5.65 Å². The van der Waals surface area contributed by atoms with Crippen molar-refractivity contribution in [2.45, 2.75) is 6.92 Å². The number of imidazole rings is 1. The molecule has 2 aromatic heterocycles. The van der Waals surface area contributed by atoms with Crippen molar-refractivity contribution in [1.82, 2.24) is 14.4 Å². The minimum absolute atomic E-state index is 0.177. The van der Waals surface area contributed by atoms with Crippen molar-refractivity contribution in [2.75, 3.05) is 11.9 Å². The van der Waals surface area contributed by atoms with Crippen molar-refractivity contribution < 1.29 is 0 Å². The van der Waals surface area contributed by atoms with Gasteiger partial charge in [-0.25, -0.2) is 4.98 Å². The van der Waals surface area contributed by atoms with Crippen LogP contribution in [0.15, 0.2) is 23.4 Å². The van der Waals surface area contributed by atoms with Crippen LogP contribution in [0.25, 0.3) is 5.65 Å². The summed E-state index contributed by atoms with van der Waals surface area (Å²) in [5.41, 5.74) is 0.241. The lowest BCUT2D eigenvalue weighted by atomic mass is 10.6. The molecule has 0 aliphatic carbocycles. The van der Waals surface area contributed by atoms with Crippen LogP contribution in [-0.4, -0.2) is 20.9 Å². The summed E-state index contributed by atoms with van der Waals surface area (Å²) in [6.45, 7) is 2.74. The fourth-order valence-corrected chi connectivity index (χ4v) is 1.22. The molecule has 13 heavy (non-hydrogen) atoms. The SMILES string of the molecule is CCNc1cn2ccnc2c(=O)[nH]1. The molecule has 0 bridgehead atoms. The van der Waals surface area contributed by atoms with Crippen LogP contribution in [0.5, 0.6) is 0 Å². The van der Waals surface area contributed by atoms with Gasteiger partial charge in [0.1, 0.15) is 5.82 Å². The van der Waals surface area contributed by atoms with Crippen LogP contribution >= 0.6 is 0 Å². The second kappa shape index (κ2) is 2.93. The summed E-state index contributed by atoms with van der Waals surface area (Å²) in [5, 5.41) is 3.03. The van der Waals surface area contributed by atoms with Crippen LogP contribution < -0.4 is 10.9 Å². The van der Waals surface area contributed by atoms with Crippen molar-refractivity contribution in [3.63, 3.8) is 0 Å². The average molecular weight is 178 g/mol. The van der Waals surface area contributed by atoms with E-state index in [9.17, 15) is 4.79 Å². The van der Waals surface area contributed by atoms with Gasteiger partial charge in [-0.3, -0.25) is 9.20 Å². The maximum Gasteiger partial charge on any atom is 0.293 e. The Bertz CT molecular complexity index is 470. The van der Waals surface area contributed by atoms with E-state index in [0.717, 1.165) is 6.54 Å². The number of nitrogens with zero attached hydrogens (tertiary/aromatic N) is 2. The Morgan fingerprint density at radius 2 is 2.54 bits per heavy atom. The highest BCUT2D eigenvalue weighted by Gasteiger charge is 2.00. The molecular formula is C8H10N4O. The van der Waals surface area contributed by atoms with Crippen molar-refractivity contribution in [1.29, 1.82) is 0 Å². The molecule has 5 heteroatoms. The Morgan fingerprint density at radius 1 is 1.69 bits per heavy atom. The third-order valence-electron chi connectivity index (χ3n) is 1.76. The van der Waals surface area contributed by atoms with Gasteiger partial charge in [0.15, 0.2) is 0 Å². The number of rotatable bonds is 2. The van der Waals surface area contributed by atoms with Crippen LogP contribution in [0.3, 0.4) is 0 Å². The number of nitrogens with one attached hydrogen (secondary N) is 2. The highest BCUT2D eigenvalue weighted by Crippen LogP contribution is 2.00. The Kier molecular flexibility index (Phi) is 1.77. The molecule has 0 saturated heterocycles. The first kappa shape index (κ1) is 7.85. The van der Waals surface area contributed by atoms with Gasteiger partial charge in [-0.15, -0.1) is 0 Å². The smallest absolute Gasteiger partial charge is 0.293 e. The first-order valence-electron chi connectivity index (χ1n) is 4.11. The third-order valence-corrected chi connectivity index (χ3v) is 1.76. The summed E-state index contributed by atoms with van der Waals surface area (Å²) in [4.78, 5) is 18.0. The molecule has 0 aliphatic rings. The van der Waals surface area contributed by atoms with Gasteiger partial charge in [-0.1, -0.05) is 0 Å². The summed E-state index contributed by atoms with van der Waals surface area (Å²) in [7, 11) is 0. The number of fused-ring (bicyclic) bond motifs is 1. The second-order valence-corrected chi connectivity index (χ2v) is 2.69. The molecule has 0 aromatic carbocycles. The molecule has 0 fully saturated rings. The molecule has 0 unspecified atom stereocenters. The fraction of sp³-hybridized carbons (Fsp3) is 0.250. The number of hydrogen-bond donors (Lipinski definition) is 2. The summed E-state index contributed by atoms with van der Waals surface area (Å²) in [6.07, 6.45) is 5.14. The maximum atomic E-state index is 11.4. The van der Waals surface area contributed by atoms with Gasteiger partial charge in [-0.2, -0.15) is 0 Å². The number of hydrogen-bond acceptors (Lipinski definition) is 3. The highest BCUT2D eigenvalue weighted by molar-refractivity contribution is 5.42. The molecule has 68 valence electrons. The zero-order valence-corrected chi connectivity index (χ0v) is 7.24. The summed E-state index contributed by atoms with van der Waals surface area (Å²) >= 11 is 0. The van der Waals surface area contributed by atoms with E-state index in [2.05, 4.69) is 15.3 Å². The van der Waals surface area contributed by atoms with Crippen molar-refractivity contribution >= 4 is 11.5 Å². The molecule has 2 rings (SSSR count). The molecule has 2 heterocycles. The summed E-state index contributed by atoms with van der Waals surface area (Å²) in [6, 6.07) is 0. The van der Waals surface area contributed by atoms with E-state index in [4.69, 9.17) is 0 Å². The van der Waals surface area contributed by atoms with E-state index in [1.54, 1.807) is 23.0 Å². The molecule has 2 aromatic rings. The zero-order valence-electron chi connectivity index (χ0n) is 7.24. The number of aromatic nitrogens is 3. The van der Waals surface area contributed by atoms with E-state index in [1.165, 1.54) is 0 Å². The maximum absolute atomic E-state index is 11.4. The molecule has 2 N–H and O–H groups in total. The van der Waals surface area contributed by atoms with E-state index in [1.807, 2.05) is 6.92 Å². The van der Waals surface area contributed by atoms with Crippen molar-refractivity contribution in [3.8, 4) is 0 Å². The zero-order chi connectivity index (χ0) is 9.26. The fourth-order valence-electron chi connectivity index (χ4n) is 1.22. The number of anilines is 1. The van der Waals surface area contributed by atoms with E-state index in [-0.39, 0.29) is 5.56 Å². The van der Waals surface area contributed by atoms with E-state index < -0.39 is 0 Å². The van der Waals surface area contributed by atoms with Crippen LogP contribution in [0.1, 0.15) is 6.92 Å². The van der Waals surface area contributed by atoms with Crippen molar-refractivity contribution in [2.24, 2.45) is 0 Å². The standard InChI is InChI=1S/C8H10N4O/c1-2-9-6-5-12-4-3-10-7(12)8(13)11-6/h3-5,9H,2H2,1H3,(H,11,13). The van der Waals surface area contributed by atoms with Crippen LogP contribution in [0, 0.1) is 0 Å². The largest absolute Gasteiger partial charge is 0.371 e. The number of aromatic amines is 1. The van der Waals surface area contributed by atoms with Crippen LogP contribution in [0.2, 0.25) is 0 Å². The van der Waals surface area contributed by atoms with Gasteiger partial charge in [0.25, 0.3) is 5.56 Å². The van der Waals surface area contributed by atoms with Gasteiger partial charge in [0, 0.05) is 18.9 Å². The second-order valence-electron chi connectivity index (χ2n) is 2.69. The Hall–Kier alpha value is -1.78. The lowest BCUT2D eigenvalue weighted by Gasteiger charge is -2.02. The van der Waals surface area contributed by atoms with Gasteiger partial charge >= 0.3 is 0 Å². The van der Waals surface area contributed by atoms with Gasteiger partial charge in [-0.05, 0) is 6.92 Å². The molecule has 0 radical (unpaired) electrons. The van der Waals surface area contributed by atoms with Gasteiger partial charge < -0.3 is 10.3 Å². The number of H-pyrrole nitrogens is 1. The average Bonchev–Trinajstić information content (AvgIpc) is 2.53. The quantitative estimate of drug-likeness (QED) is 0.702. The predicted molar refractivity (Wildman–Crippen MR) is 50.0 cm³/mol. The summed E-state index contributed by atoms with van der Waals surface area (Å²) < 4.78 is 1.69. The van der Waals surface area contributed by atoms with Gasteiger partial charge in [0.05, 0.1) is 6.20 Å². The lowest BCUT2D eigenvalue weighted by Crippen LogP contribution is -2.13. The van der Waals surface area contributed by atoms with E-state index >= 15 is 0 Å². The lowest BCUT2D eigenvalue weighted by molar-refractivity contribution is 1.06. The Labute approximate surface area is 74.4 Å². The predicted octanol–water partition coefficient (Wildman–Crippen LogP) is 0.454. The molecule has 0 saturated carbocycles. The van der Waals surface area contributed by atoms with Crippen molar-refractivity contribution in [3.05, 3.63) is 28.9 Å². The van der Waals surface area contributed by atoms with Crippen LogP contribution in [0.4, 0.5) is 5.82 Å². The molecule has 0 amide bonds. The monoisotopic (exact) mass is 178 g/mol. The molecule has 5 nitrogen and oxygen atoms in total. The Morgan fingerprint density at radius 3 is 3.31 bits per heavy atom. The van der Waals surface area contributed by atoms with E-state index in [0.29, 0.717) is 11.5 Å². The summed E-state index contributed by atoms with van der Waals surface area (Å²) in [5.74, 6) is 0.706. The minimum Gasteiger partial charge on any atom is -0.371 e. The molecule has 0 atom stereocenters. The first-order chi connectivity index (χ1) is 6.31. The first-order valence-corrected chi connectivity index (χ1v) is 4.11. The molecule has 0 aliphatic heterocycles. The highest BCUT2D eigenvalue weighted by atomic mass is 16.1. The van der Waals surface area contributed by atoms with Crippen LogP contribution in [-0.2, 0) is 0 Å². The normalized spacial score (nSPS) is 10.5. The topological polar surface area (TPSA) is 62.2 Å².